The molecule has 1 saturated carbocycles. The van der Waals surface area contributed by atoms with Gasteiger partial charge in [-0.05, 0) is 49.8 Å². The number of aliphatic hydroxyl groups excluding tert-OH is 1. The summed E-state index contributed by atoms with van der Waals surface area (Å²) in [7, 11) is 0. The third kappa shape index (κ3) is 2.31. The van der Waals surface area contributed by atoms with E-state index in [2.05, 4.69) is 6.07 Å². The van der Waals surface area contributed by atoms with Gasteiger partial charge in [0.2, 0.25) is 0 Å². The minimum Gasteiger partial charge on any atom is -0.393 e. The number of halogens is 1. The van der Waals surface area contributed by atoms with Gasteiger partial charge in [0.25, 0.3) is 0 Å². The van der Waals surface area contributed by atoms with Gasteiger partial charge in [-0.2, -0.15) is 5.26 Å². The highest BCUT2D eigenvalue weighted by Gasteiger charge is 2.37. The molecule has 1 fully saturated rings. The predicted octanol–water partition coefficient (Wildman–Crippen LogP) is 3.34. The first-order valence-electron chi connectivity index (χ1n) is 5.93. The first kappa shape index (κ1) is 12.4. The minimum absolute atomic E-state index is 0.372. The molecule has 1 aliphatic rings. The van der Waals surface area contributed by atoms with E-state index < -0.39 is 5.41 Å². The number of nitriles is 1. The highest BCUT2D eigenvalue weighted by atomic mass is 35.5. The molecule has 1 aromatic rings. The summed E-state index contributed by atoms with van der Waals surface area (Å²) in [5.41, 5.74) is 1.39. The molecule has 1 aromatic carbocycles. The maximum atomic E-state index is 9.78. The number of aliphatic hydroxyl groups is 1. The van der Waals surface area contributed by atoms with Crippen molar-refractivity contribution >= 4 is 11.6 Å². The molecule has 0 spiro atoms. The summed E-state index contributed by atoms with van der Waals surface area (Å²) >= 11 is 6.12. The predicted molar refractivity (Wildman–Crippen MR) is 68.0 cm³/mol. The van der Waals surface area contributed by atoms with Crippen LogP contribution in [-0.2, 0) is 5.41 Å². The fraction of sp³-hybridized carbons (Fsp3) is 0.500. The van der Waals surface area contributed by atoms with E-state index in [9.17, 15) is 10.4 Å². The van der Waals surface area contributed by atoms with E-state index in [4.69, 9.17) is 11.6 Å². The molecular formula is C14H16ClNO. The molecule has 3 heteroatoms. The lowest BCUT2D eigenvalue weighted by Crippen LogP contribution is -2.34. The highest BCUT2D eigenvalue weighted by molar-refractivity contribution is 6.31. The molecule has 0 heterocycles. The summed E-state index contributed by atoms with van der Waals surface area (Å²) in [5.74, 6) is 0. The van der Waals surface area contributed by atoms with Crippen molar-refractivity contribution in [2.24, 2.45) is 0 Å². The molecule has 90 valence electrons. The fourth-order valence-electron chi connectivity index (χ4n) is 2.56. The molecule has 0 amide bonds. The second-order valence-corrected chi connectivity index (χ2v) is 5.32. The zero-order valence-corrected chi connectivity index (χ0v) is 10.7. The van der Waals surface area contributed by atoms with Crippen molar-refractivity contribution in [2.45, 2.75) is 44.1 Å². The van der Waals surface area contributed by atoms with Gasteiger partial charge in [-0.15, -0.1) is 0 Å². The second kappa shape index (κ2) is 4.68. The Labute approximate surface area is 107 Å². The SMILES string of the molecule is Cc1ccc(C2(C#N)CCCC(O)C2)cc1Cl. The maximum Gasteiger partial charge on any atom is 0.0847 e. The van der Waals surface area contributed by atoms with Gasteiger partial charge in [0.05, 0.1) is 17.6 Å². The topological polar surface area (TPSA) is 44.0 Å². The van der Waals surface area contributed by atoms with Gasteiger partial charge >= 0.3 is 0 Å². The number of nitrogens with zero attached hydrogens (tertiary/aromatic N) is 1. The first-order valence-corrected chi connectivity index (χ1v) is 6.31. The lowest BCUT2D eigenvalue weighted by molar-refractivity contribution is 0.102. The van der Waals surface area contributed by atoms with E-state index >= 15 is 0 Å². The van der Waals surface area contributed by atoms with Crippen LogP contribution in [0.2, 0.25) is 5.02 Å². The van der Waals surface area contributed by atoms with Gasteiger partial charge in [-0.25, -0.2) is 0 Å². The van der Waals surface area contributed by atoms with Crippen molar-refractivity contribution < 1.29 is 5.11 Å². The third-order valence-corrected chi connectivity index (χ3v) is 4.07. The van der Waals surface area contributed by atoms with Gasteiger partial charge in [0.15, 0.2) is 0 Å². The van der Waals surface area contributed by atoms with Gasteiger partial charge in [0.1, 0.15) is 0 Å². The first-order chi connectivity index (χ1) is 8.07. The van der Waals surface area contributed by atoms with Crippen molar-refractivity contribution in [1.29, 1.82) is 5.26 Å². The van der Waals surface area contributed by atoms with Gasteiger partial charge in [-0.1, -0.05) is 23.7 Å². The van der Waals surface area contributed by atoms with Crippen LogP contribution in [0.15, 0.2) is 18.2 Å². The maximum absolute atomic E-state index is 9.78. The Morgan fingerprint density at radius 1 is 1.53 bits per heavy atom. The van der Waals surface area contributed by atoms with E-state index in [0.717, 1.165) is 30.4 Å². The Kier molecular flexibility index (Phi) is 3.42. The summed E-state index contributed by atoms with van der Waals surface area (Å²) in [6.45, 7) is 1.95. The van der Waals surface area contributed by atoms with Crippen LogP contribution < -0.4 is 0 Å². The number of hydrogen-bond donors (Lipinski definition) is 1. The van der Waals surface area contributed by atoms with Crippen molar-refractivity contribution in [1.82, 2.24) is 0 Å². The number of aryl methyl sites for hydroxylation is 1. The Balaban J connectivity index is 2.41. The van der Waals surface area contributed by atoms with Crippen LogP contribution in [0.5, 0.6) is 0 Å². The summed E-state index contributed by atoms with van der Waals surface area (Å²) in [6.07, 6.45) is 2.63. The van der Waals surface area contributed by atoms with E-state index in [1.54, 1.807) is 0 Å². The van der Waals surface area contributed by atoms with Crippen LogP contribution in [0.3, 0.4) is 0 Å². The molecule has 2 atom stereocenters. The zero-order valence-electron chi connectivity index (χ0n) is 9.91. The summed E-state index contributed by atoms with van der Waals surface area (Å²) in [4.78, 5) is 0. The monoisotopic (exact) mass is 249 g/mol. The third-order valence-electron chi connectivity index (χ3n) is 3.66. The standard InChI is InChI=1S/C14H16ClNO/c1-10-4-5-11(7-13(10)15)14(9-16)6-2-3-12(17)8-14/h4-5,7,12,17H,2-3,6,8H2,1H3. The molecule has 0 radical (unpaired) electrons. The molecule has 17 heavy (non-hydrogen) atoms. The average molecular weight is 250 g/mol. The van der Waals surface area contributed by atoms with E-state index in [0.29, 0.717) is 11.4 Å². The van der Waals surface area contributed by atoms with Crippen molar-refractivity contribution in [3.05, 3.63) is 34.3 Å². The molecule has 1 aliphatic carbocycles. The van der Waals surface area contributed by atoms with Crippen LogP contribution in [0, 0.1) is 18.3 Å². The number of hydrogen-bond acceptors (Lipinski definition) is 2. The summed E-state index contributed by atoms with van der Waals surface area (Å²) in [5, 5.41) is 19.9. The zero-order chi connectivity index (χ0) is 12.5. The van der Waals surface area contributed by atoms with E-state index in [1.165, 1.54) is 0 Å². The smallest absolute Gasteiger partial charge is 0.0847 e. The lowest BCUT2D eigenvalue weighted by atomic mass is 9.69. The van der Waals surface area contributed by atoms with E-state index in [1.807, 2.05) is 25.1 Å². The number of rotatable bonds is 1. The van der Waals surface area contributed by atoms with Crippen LogP contribution >= 0.6 is 11.6 Å². The molecule has 0 aliphatic heterocycles. The van der Waals surface area contributed by atoms with E-state index in [-0.39, 0.29) is 6.10 Å². The second-order valence-electron chi connectivity index (χ2n) is 4.91. The van der Waals surface area contributed by atoms with Crippen molar-refractivity contribution in [3.63, 3.8) is 0 Å². The van der Waals surface area contributed by atoms with Crippen LogP contribution in [0.25, 0.3) is 0 Å². The van der Waals surface area contributed by atoms with Crippen molar-refractivity contribution in [2.75, 3.05) is 0 Å². The molecule has 2 nitrogen and oxygen atoms in total. The molecule has 2 unspecified atom stereocenters. The van der Waals surface area contributed by atoms with Gasteiger partial charge in [0, 0.05) is 5.02 Å². The van der Waals surface area contributed by atoms with Crippen LogP contribution in [0.4, 0.5) is 0 Å². The molecular weight excluding hydrogens is 234 g/mol. The minimum atomic E-state index is -0.561. The summed E-state index contributed by atoms with van der Waals surface area (Å²) < 4.78 is 0. The largest absolute Gasteiger partial charge is 0.393 e. The summed E-state index contributed by atoms with van der Waals surface area (Å²) in [6, 6.07) is 8.17. The van der Waals surface area contributed by atoms with Gasteiger partial charge < -0.3 is 5.11 Å². The van der Waals surface area contributed by atoms with Crippen LogP contribution in [-0.4, -0.2) is 11.2 Å². The Morgan fingerprint density at radius 2 is 2.29 bits per heavy atom. The fourth-order valence-corrected chi connectivity index (χ4v) is 2.75. The molecule has 0 aromatic heterocycles. The Bertz CT molecular complexity index is 466. The lowest BCUT2D eigenvalue weighted by Gasteiger charge is -2.34. The Hall–Kier alpha value is -1.04. The van der Waals surface area contributed by atoms with Gasteiger partial charge in [-0.3, -0.25) is 0 Å². The normalized spacial score (nSPS) is 28.7. The van der Waals surface area contributed by atoms with Crippen LogP contribution in [0.1, 0.15) is 36.8 Å². The quantitative estimate of drug-likeness (QED) is 0.830. The highest BCUT2D eigenvalue weighted by Crippen LogP contribution is 2.40. The Morgan fingerprint density at radius 3 is 2.88 bits per heavy atom. The van der Waals surface area contributed by atoms with Crippen molar-refractivity contribution in [3.8, 4) is 6.07 Å². The molecule has 2 rings (SSSR count). The molecule has 1 N–H and O–H groups in total. The average Bonchev–Trinajstić information content (AvgIpc) is 2.32. The number of benzene rings is 1. The molecule has 0 bridgehead atoms. The molecule has 0 saturated heterocycles.